The smallest absolute Gasteiger partial charge is 0.236 e. The Labute approximate surface area is 176 Å². The number of benzene rings is 1. The number of likely N-dealkylation sites (tertiary alicyclic amines) is 1. The van der Waals surface area contributed by atoms with Gasteiger partial charge in [0.2, 0.25) is 11.8 Å². The molecular formula is C21H24FN3O4S. The van der Waals surface area contributed by atoms with Crippen LogP contribution in [-0.2, 0) is 33.4 Å². The van der Waals surface area contributed by atoms with Gasteiger partial charge in [0.1, 0.15) is 22.2 Å². The molecule has 4 rings (SSSR count). The van der Waals surface area contributed by atoms with Gasteiger partial charge in [0.05, 0.1) is 22.9 Å². The lowest BCUT2D eigenvalue weighted by molar-refractivity contribution is -0.135. The van der Waals surface area contributed by atoms with Crippen molar-refractivity contribution in [3.05, 3.63) is 52.7 Å². The minimum Gasteiger partial charge on any atom is -0.361 e. The summed E-state index contributed by atoms with van der Waals surface area (Å²) in [6.45, 7) is 4.64. The van der Waals surface area contributed by atoms with Crippen LogP contribution in [0.2, 0.25) is 0 Å². The molecule has 7 nitrogen and oxygen atoms in total. The zero-order valence-corrected chi connectivity index (χ0v) is 17.8. The molecule has 30 heavy (non-hydrogen) atoms. The third-order valence-corrected chi connectivity index (χ3v) is 8.09. The average Bonchev–Trinajstić information content (AvgIpc) is 3.14. The standard InChI is InChI=1S/C21H24FN3O4S/c1-14-18(15(2)29-23-14)11-19(26)24-8-6-21(7-9-24)25(20(27)13-30(21)28)12-16-4-3-5-17(22)10-16/h3-5,10H,6-9,11-13H2,1-2H3. The first-order valence-electron chi connectivity index (χ1n) is 9.93. The van der Waals surface area contributed by atoms with Crippen LogP contribution in [0.25, 0.3) is 0 Å². The van der Waals surface area contributed by atoms with Crippen LogP contribution in [0.5, 0.6) is 0 Å². The van der Waals surface area contributed by atoms with Gasteiger partial charge in [-0.25, -0.2) is 4.39 Å². The van der Waals surface area contributed by atoms with Gasteiger partial charge in [-0.05, 0) is 31.5 Å². The summed E-state index contributed by atoms with van der Waals surface area (Å²) >= 11 is 0. The summed E-state index contributed by atoms with van der Waals surface area (Å²) in [7, 11) is -1.35. The van der Waals surface area contributed by atoms with E-state index in [1.165, 1.54) is 12.1 Å². The zero-order chi connectivity index (χ0) is 21.5. The molecule has 1 aromatic heterocycles. The summed E-state index contributed by atoms with van der Waals surface area (Å²) in [6.07, 6.45) is 1.09. The number of amides is 2. The highest BCUT2D eigenvalue weighted by molar-refractivity contribution is 7.87. The molecule has 9 heteroatoms. The Bertz CT molecular complexity index is 994. The maximum Gasteiger partial charge on any atom is 0.236 e. The number of piperidine rings is 1. The number of nitrogens with zero attached hydrogens (tertiary/aromatic N) is 3. The van der Waals surface area contributed by atoms with Crippen LogP contribution in [0, 0.1) is 19.7 Å². The summed E-state index contributed by atoms with van der Waals surface area (Å²) in [6, 6.07) is 6.11. The van der Waals surface area contributed by atoms with Crippen LogP contribution in [-0.4, -0.2) is 54.7 Å². The maximum atomic E-state index is 13.6. The molecule has 0 N–H and O–H groups in total. The summed E-state index contributed by atoms with van der Waals surface area (Å²) in [5.41, 5.74) is 2.17. The second kappa shape index (κ2) is 7.94. The van der Waals surface area contributed by atoms with E-state index in [9.17, 15) is 18.2 Å². The topological polar surface area (TPSA) is 83.7 Å². The lowest BCUT2D eigenvalue weighted by atomic mass is 10.00. The predicted octanol–water partition coefficient (Wildman–Crippen LogP) is 2.08. The van der Waals surface area contributed by atoms with Crippen LogP contribution < -0.4 is 0 Å². The normalized spacial score (nSPS) is 20.9. The molecule has 2 saturated heterocycles. The molecular weight excluding hydrogens is 409 g/mol. The lowest BCUT2D eigenvalue weighted by Crippen LogP contribution is -2.55. The molecule has 2 aliphatic rings. The average molecular weight is 434 g/mol. The Hall–Kier alpha value is -2.55. The highest BCUT2D eigenvalue weighted by atomic mass is 32.2. The monoisotopic (exact) mass is 433 g/mol. The van der Waals surface area contributed by atoms with Crippen LogP contribution >= 0.6 is 0 Å². The Morgan fingerprint density at radius 1 is 1.30 bits per heavy atom. The molecule has 2 fully saturated rings. The largest absolute Gasteiger partial charge is 0.361 e. The minimum absolute atomic E-state index is 0.0255. The fraction of sp³-hybridized carbons (Fsp3) is 0.476. The zero-order valence-electron chi connectivity index (χ0n) is 17.0. The maximum absolute atomic E-state index is 13.6. The summed E-state index contributed by atoms with van der Waals surface area (Å²) in [5.74, 6) is 0.0220. The van der Waals surface area contributed by atoms with Crippen molar-refractivity contribution in [2.45, 2.75) is 44.5 Å². The molecule has 0 saturated carbocycles. The molecule has 1 atom stereocenters. The second-order valence-corrected chi connectivity index (χ2v) is 9.65. The second-order valence-electron chi connectivity index (χ2n) is 7.91. The number of halogens is 1. The van der Waals surface area contributed by atoms with Crippen LogP contribution in [0.4, 0.5) is 4.39 Å². The first-order chi connectivity index (χ1) is 14.3. The molecule has 3 heterocycles. The van der Waals surface area contributed by atoms with E-state index in [0.717, 1.165) is 5.56 Å². The van der Waals surface area contributed by atoms with Crippen LogP contribution in [0.3, 0.4) is 0 Å². The molecule has 2 aliphatic heterocycles. The van der Waals surface area contributed by atoms with Gasteiger partial charge in [-0.3, -0.25) is 13.8 Å². The fourth-order valence-electron chi connectivity index (χ4n) is 4.35. The van der Waals surface area contributed by atoms with Gasteiger partial charge >= 0.3 is 0 Å². The molecule has 2 aromatic rings. The number of aromatic nitrogens is 1. The highest BCUT2D eigenvalue weighted by Crippen LogP contribution is 2.38. The van der Waals surface area contributed by atoms with Gasteiger partial charge in [0.25, 0.3) is 0 Å². The predicted molar refractivity (Wildman–Crippen MR) is 108 cm³/mol. The van der Waals surface area contributed by atoms with Gasteiger partial charge in [-0.1, -0.05) is 17.3 Å². The number of hydrogen-bond acceptors (Lipinski definition) is 5. The van der Waals surface area contributed by atoms with E-state index in [1.54, 1.807) is 28.9 Å². The third kappa shape index (κ3) is 3.66. The van der Waals surface area contributed by atoms with Crippen molar-refractivity contribution < 1.29 is 22.7 Å². The van der Waals surface area contributed by atoms with Crippen molar-refractivity contribution in [1.29, 1.82) is 0 Å². The Morgan fingerprint density at radius 2 is 2.03 bits per heavy atom. The minimum atomic E-state index is -1.35. The lowest BCUT2D eigenvalue weighted by Gasteiger charge is -2.43. The summed E-state index contributed by atoms with van der Waals surface area (Å²) < 4.78 is 31.6. The summed E-state index contributed by atoms with van der Waals surface area (Å²) in [4.78, 5) is 28.0. The van der Waals surface area contributed by atoms with Crippen molar-refractivity contribution in [3.8, 4) is 0 Å². The van der Waals surface area contributed by atoms with Gasteiger partial charge < -0.3 is 14.3 Å². The first-order valence-corrected chi connectivity index (χ1v) is 11.2. The number of rotatable bonds is 4. The molecule has 0 aliphatic carbocycles. The van der Waals surface area contributed by atoms with Gasteiger partial charge in [-0.2, -0.15) is 0 Å². The molecule has 0 bridgehead atoms. The quantitative estimate of drug-likeness (QED) is 0.737. The Balaban J connectivity index is 1.47. The van der Waals surface area contributed by atoms with Crippen LogP contribution in [0.1, 0.15) is 35.4 Å². The molecule has 1 spiro atoms. The molecule has 1 aromatic carbocycles. The van der Waals surface area contributed by atoms with Gasteiger partial charge in [0, 0.05) is 38.0 Å². The van der Waals surface area contributed by atoms with Crippen molar-refractivity contribution in [3.63, 3.8) is 0 Å². The van der Waals surface area contributed by atoms with Crippen molar-refractivity contribution in [1.82, 2.24) is 15.0 Å². The molecule has 2 amide bonds. The molecule has 160 valence electrons. The van der Waals surface area contributed by atoms with Crippen LogP contribution in [0.15, 0.2) is 28.8 Å². The number of carbonyl (C=O) groups excluding carboxylic acids is 2. The fourth-order valence-corrected chi connectivity index (χ4v) is 6.04. The summed E-state index contributed by atoms with van der Waals surface area (Å²) in [5, 5.41) is 3.89. The van der Waals surface area contributed by atoms with Crippen molar-refractivity contribution >= 4 is 22.6 Å². The van der Waals surface area contributed by atoms with E-state index in [0.29, 0.717) is 42.9 Å². The van der Waals surface area contributed by atoms with E-state index in [1.807, 2.05) is 6.92 Å². The third-order valence-electron chi connectivity index (χ3n) is 6.11. The van der Waals surface area contributed by atoms with E-state index in [2.05, 4.69) is 5.16 Å². The van der Waals surface area contributed by atoms with Gasteiger partial charge in [-0.15, -0.1) is 0 Å². The van der Waals surface area contributed by atoms with E-state index < -0.39 is 15.7 Å². The van der Waals surface area contributed by atoms with Crippen molar-refractivity contribution in [2.24, 2.45) is 0 Å². The highest BCUT2D eigenvalue weighted by Gasteiger charge is 2.53. The van der Waals surface area contributed by atoms with Gasteiger partial charge in [0.15, 0.2) is 0 Å². The van der Waals surface area contributed by atoms with Crippen molar-refractivity contribution in [2.75, 3.05) is 18.8 Å². The Kier molecular flexibility index (Phi) is 5.48. The number of hydrogen-bond donors (Lipinski definition) is 0. The first kappa shape index (κ1) is 20.7. The molecule has 0 radical (unpaired) electrons. The SMILES string of the molecule is Cc1noc(C)c1CC(=O)N1CCC2(CC1)N(Cc1cccc(F)c1)C(=O)CS2=O. The number of aryl methyl sites for hydroxylation is 2. The molecule has 1 unspecified atom stereocenters. The number of carbonyl (C=O) groups is 2. The van der Waals surface area contributed by atoms with E-state index in [4.69, 9.17) is 4.52 Å². The van der Waals surface area contributed by atoms with E-state index in [-0.39, 0.29) is 36.4 Å². The van der Waals surface area contributed by atoms with E-state index >= 15 is 0 Å². The Morgan fingerprint density at radius 3 is 2.67 bits per heavy atom.